The minimum Gasteiger partial charge on any atom is -0.478 e. The lowest BCUT2D eigenvalue weighted by Crippen LogP contribution is -2.40. The van der Waals surface area contributed by atoms with E-state index in [4.69, 9.17) is 4.74 Å². The molecule has 1 aromatic carbocycles. The summed E-state index contributed by atoms with van der Waals surface area (Å²) in [5.74, 6) is 0.0477. The smallest absolute Gasteiger partial charge is 0.266 e. The van der Waals surface area contributed by atoms with Gasteiger partial charge >= 0.3 is 0 Å². The van der Waals surface area contributed by atoms with Crippen LogP contribution in [-0.2, 0) is 16.1 Å². The summed E-state index contributed by atoms with van der Waals surface area (Å²) in [7, 11) is 0. The van der Waals surface area contributed by atoms with Crippen LogP contribution < -0.4 is 15.4 Å². The largest absolute Gasteiger partial charge is 0.478 e. The Kier molecular flexibility index (Phi) is 4.91. The van der Waals surface area contributed by atoms with Gasteiger partial charge in [0.1, 0.15) is 5.75 Å². The van der Waals surface area contributed by atoms with Crippen molar-refractivity contribution in [1.82, 2.24) is 10.3 Å². The summed E-state index contributed by atoms with van der Waals surface area (Å²) in [6.45, 7) is 2.39. The van der Waals surface area contributed by atoms with Gasteiger partial charge in [-0.3, -0.25) is 9.59 Å². The number of nitrogens with one attached hydrogen (secondary N) is 2. The molecule has 3 heterocycles. The van der Waals surface area contributed by atoms with Crippen LogP contribution in [0.25, 0.3) is 10.6 Å². The number of benzene rings is 1. The summed E-state index contributed by atoms with van der Waals surface area (Å²) < 4.78 is 5.65. The first-order valence-electron chi connectivity index (χ1n) is 8.43. The highest BCUT2D eigenvalue weighted by atomic mass is 32.1. The third-order valence-corrected chi connectivity index (χ3v) is 5.95. The van der Waals surface area contributed by atoms with Crippen molar-refractivity contribution in [2.45, 2.75) is 26.0 Å². The molecule has 0 spiro atoms. The van der Waals surface area contributed by atoms with E-state index in [-0.39, 0.29) is 18.2 Å². The van der Waals surface area contributed by atoms with Crippen molar-refractivity contribution >= 4 is 40.2 Å². The number of anilines is 1. The zero-order valence-electron chi connectivity index (χ0n) is 14.5. The van der Waals surface area contributed by atoms with E-state index in [1.165, 1.54) is 0 Å². The second kappa shape index (κ2) is 7.50. The molecule has 0 saturated heterocycles. The van der Waals surface area contributed by atoms with Crippen LogP contribution in [0.2, 0.25) is 0 Å². The molecule has 0 aliphatic carbocycles. The number of aryl methyl sites for hydroxylation is 1. The van der Waals surface area contributed by atoms with Gasteiger partial charge in [0.15, 0.2) is 6.10 Å². The monoisotopic (exact) mass is 399 g/mol. The van der Waals surface area contributed by atoms with Crippen LogP contribution in [-0.4, -0.2) is 22.9 Å². The Hall–Kier alpha value is -2.71. The van der Waals surface area contributed by atoms with E-state index in [1.54, 1.807) is 34.8 Å². The van der Waals surface area contributed by atoms with Gasteiger partial charge in [0.25, 0.3) is 5.91 Å². The summed E-state index contributed by atoms with van der Waals surface area (Å²) in [6, 6.07) is 11.2. The van der Waals surface area contributed by atoms with Gasteiger partial charge in [-0.25, -0.2) is 4.98 Å². The molecule has 0 unspecified atom stereocenters. The lowest BCUT2D eigenvalue weighted by Gasteiger charge is -2.25. The van der Waals surface area contributed by atoms with E-state index in [2.05, 4.69) is 15.6 Å². The first kappa shape index (κ1) is 17.7. The number of carbonyl (C=O) groups is 2. The number of rotatable bonds is 5. The molecule has 2 N–H and O–H groups in total. The molecule has 8 heteroatoms. The zero-order valence-corrected chi connectivity index (χ0v) is 16.2. The fourth-order valence-corrected chi connectivity index (χ4v) is 4.34. The average molecular weight is 399 g/mol. The normalized spacial score (nSPS) is 15.6. The SMILES string of the molecule is Cc1nc(-c2ccc(CNC(=O)C[C@@H]3Oc4ccccc4NC3=O)s2)cs1. The van der Waals surface area contributed by atoms with E-state index >= 15 is 0 Å². The second-order valence-electron chi connectivity index (χ2n) is 6.09. The molecule has 1 atom stereocenters. The van der Waals surface area contributed by atoms with E-state index < -0.39 is 6.10 Å². The third-order valence-electron chi connectivity index (χ3n) is 4.07. The van der Waals surface area contributed by atoms with E-state index in [0.717, 1.165) is 20.5 Å². The Morgan fingerprint density at radius 3 is 2.96 bits per heavy atom. The number of aromatic nitrogens is 1. The number of para-hydroxylation sites is 2. The van der Waals surface area contributed by atoms with Crippen LogP contribution in [0.5, 0.6) is 5.75 Å². The van der Waals surface area contributed by atoms with Gasteiger partial charge in [-0.15, -0.1) is 22.7 Å². The van der Waals surface area contributed by atoms with E-state index in [0.29, 0.717) is 18.0 Å². The van der Waals surface area contributed by atoms with Crippen molar-refractivity contribution in [3.05, 3.63) is 51.7 Å². The Labute approximate surface area is 164 Å². The van der Waals surface area contributed by atoms with Gasteiger partial charge in [-0.05, 0) is 31.2 Å². The average Bonchev–Trinajstić information content (AvgIpc) is 3.29. The van der Waals surface area contributed by atoms with Crippen molar-refractivity contribution in [3.8, 4) is 16.3 Å². The first-order valence-corrected chi connectivity index (χ1v) is 10.1. The molecule has 27 heavy (non-hydrogen) atoms. The highest BCUT2D eigenvalue weighted by Gasteiger charge is 2.29. The van der Waals surface area contributed by atoms with Crippen molar-refractivity contribution in [3.63, 3.8) is 0 Å². The van der Waals surface area contributed by atoms with Gasteiger partial charge in [0.2, 0.25) is 5.91 Å². The quantitative estimate of drug-likeness (QED) is 0.687. The maximum atomic E-state index is 12.2. The standard InChI is InChI=1S/C19H17N3O3S2/c1-11-21-14(10-26-11)17-7-6-12(27-17)9-20-18(23)8-16-19(24)22-13-4-2-3-5-15(13)25-16/h2-7,10,16H,8-9H2,1H3,(H,20,23)(H,22,24)/t16-/m0/s1. The summed E-state index contributed by atoms with van der Waals surface area (Å²) in [4.78, 5) is 30.9. The topological polar surface area (TPSA) is 80.3 Å². The highest BCUT2D eigenvalue weighted by molar-refractivity contribution is 7.16. The Morgan fingerprint density at radius 2 is 2.15 bits per heavy atom. The van der Waals surface area contributed by atoms with E-state index in [1.807, 2.05) is 36.6 Å². The Bertz CT molecular complexity index is 996. The summed E-state index contributed by atoms with van der Waals surface area (Å²) >= 11 is 3.21. The number of carbonyl (C=O) groups excluding carboxylic acids is 2. The van der Waals surface area contributed by atoms with Crippen molar-refractivity contribution in [2.75, 3.05) is 5.32 Å². The predicted molar refractivity (Wildman–Crippen MR) is 106 cm³/mol. The lowest BCUT2D eigenvalue weighted by molar-refractivity contribution is -0.130. The maximum Gasteiger partial charge on any atom is 0.266 e. The fourth-order valence-electron chi connectivity index (χ4n) is 2.74. The van der Waals surface area contributed by atoms with Crippen molar-refractivity contribution in [2.24, 2.45) is 0 Å². The maximum absolute atomic E-state index is 12.2. The van der Waals surface area contributed by atoms with Gasteiger partial charge in [-0.2, -0.15) is 0 Å². The molecule has 3 aromatic rings. The first-order chi connectivity index (χ1) is 13.1. The molecule has 1 aliphatic heterocycles. The van der Waals surface area contributed by atoms with Crippen LogP contribution in [0.3, 0.4) is 0 Å². The molecule has 6 nitrogen and oxygen atoms in total. The zero-order chi connectivity index (χ0) is 18.8. The lowest BCUT2D eigenvalue weighted by atomic mass is 10.1. The number of hydrogen-bond acceptors (Lipinski definition) is 6. The number of hydrogen-bond donors (Lipinski definition) is 2. The number of thiophene rings is 1. The van der Waals surface area contributed by atoms with Crippen LogP contribution in [0.1, 0.15) is 16.3 Å². The Balaban J connectivity index is 1.33. The van der Waals surface area contributed by atoms with Gasteiger partial charge in [0.05, 0.1) is 34.2 Å². The molecule has 0 radical (unpaired) electrons. The minimum absolute atomic E-state index is 0.0241. The Morgan fingerprint density at radius 1 is 1.30 bits per heavy atom. The number of nitrogens with zero attached hydrogens (tertiary/aromatic N) is 1. The highest BCUT2D eigenvalue weighted by Crippen LogP contribution is 2.30. The van der Waals surface area contributed by atoms with E-state index in [9.17, 15) is 9.59 Å². The molecule has 2 aromatic heterocycles. The molecule has 4 rings (SSSR count). The molecule has 138 valence electrons. The van der Waals surface area contributed by atoms with Crippen molar-refractivity contribution in [1.29, 1.82) is 0 Å². The van der Waals surface area contributed by atoms with Gasteiger partial charge < -0.3 is 15.4 Å². The number of thiazole rings is 1. The van der Waals surface area contributed by atoms with Gasteiger partial charge in [-0.1, -0.05) is 12.1 Å². The minimum atomic E-state index is -0.822. The van der Waals surface area contributed by atoms with Crippen LogP contribution in [0.15, 0.2) is 41.8 Å². The number of fused-ring (bicyclic) bond motifs is 1. The van der Waals surface area contributed by atoms with Crippen LogP contribution in [0, 0.1) is 6.92 Å². The molecule has 0 bridgehead atoms. The van der Waals surface area contributed by atoms with Crippen molar-refractivity contribution < 1.29 is 14.3 Å². The molecular formula is C19H17N3O3S2. The third kappa shape index (κ3) is 4.01. The number of ether oxygens (including phenoxy) is 1. The molecule has 2 amide bonds. The number of amides is 2. The molecule has 0 fully saturated rings. The second-order valence-corrected chi connectivity index (χ2v) is 8.32. The van der Waals surface area contributed by atoms with Gasteiger partial charge in [0, 0.05) is 10.3 Å². The summed E-state index contributed by atoms with van der Waals surface area (Å²) in [6.07, 6.45) is -0.847. The van der Waals surface area contributed by atoms with Crippen LogP contribution in [0.4, 0.5) is 5.69 Å². The predicted octanol–water partition coefficient (Wildman–Crippen LogP) is 3.59. The summed E-state index contributed by atoms with van der Waals surface area (Å²) in [5, 5.41) is 8.68. The molecular weight excluding hydrogens is 382 g/mol. The molecule has 1 aliphatic rings. The summed E-state index contributed by atoms with van der Waals surface area (Å²) in [5.41, 5.74) is 1.59. The fraction of sp³-hybridized carbons (Fsp3) is 0.211. The van der Waals surface area contributed by atoms with Crippen LogP contribution >= 0.6 is 22.7 Å². The molecule has 0 saturated carbocycles.